The minimum absolute atomic E-state index is 0.304. The van der Waals surface area contributed by atoms with E-state index in [1.165, 1.54) is 6.33 Å². The molecule has 0 bridgehead atoms. The topological polar surface area (TPSA) is 61.6 Å². The van der Waals surface area contributed by atoms with Crippen LogP contribution in [0.4, 0.5) is 5.82 Å². The van der Waals surface area contributed by atoms with E-state index in [9.17, 15) is 0 Å². The van der Waals surface area contributed by atoms with Crippen molar-refractivity contribution in [3.8, 4) is 6.07 Å². The molecular weight excluding hydrogens is 188 g/mol. The fraction of sp³-hybridized carbons (Fsp3) is 0.545. The van der Waals surface area contributed by atoms with Crippen molar-refractivity contribution in [1.29, 1.82) is 5.26 Å². The maximum Gasteiger partial charge on any atom is 0.145 e. The molecule has 80 valence electrons. The van der Waals surface area contributed by atoms with E-state index >= 15 is 0 Å². The van der Waals surface area contributed by atoms with E-state index in [1.54, 1.807) is 6.07 Å². The first-order chi connectivity index (χ1) is 7.01. The summed E-state index contributed by atoms with van der Waals surface area (Å²) in [7, 11) is 0. The molecule has 1 N–H and O–H groups in total. The molecule has 0 saturated carbocycles. The van der Waals surface area contributed by atoms with Gasteiger partial charge in [-0.05, 0) is 11.8 Å². The average Bonchev–Trinajstić information content (AvgIpc) is 2.16. The number of aromatic nitrogens is 2. The quantitative estimate of drug-likeness (QED) is 0.819. The minimum atomic E-state index is 0.304. The van der Waals surface area contributed by atoms with E-state index < -0.39 is 0 Å². The molecule has 1 heterocycles. The molecule has 0 spiro atoms. The number of anilines is 1. The van der Waals surface area contributed by atoms with Gasteiger partial charge in [-0.15, -0.1) is 0 Å². The highest BCUT2D eigenvalue weighted by atomic mass is 15.0. The Morgan fingerprint density at radius 1 is 1.40 bits per heavy atom. The van der Waals surface area contributed by atoms with E-state index in [2.05, 4.69) is 36.1 Å². The summed E-state index contributed by atoms with van der Waals surface area (Å²) in [5.74, 6) is 0.714. The number of rotatable bonds is 3. The van der Waals surface area contributed by atoms with Crippen molar-refractivity contribution in [2.24, 2.45) is 5.41 Å². The number of nitriles is 1. The van der Waals surface area contributed by atoms with Crippen LogP contribution >= 0.6 is 0 Å². The lowest BCUT2D eigenvalue weighted by molar-refractivity contribution is 0.389. The SMILES string of the molecule is CC(C)(C)CCNc1cc(C#N)ncn1. The number of nitrogens with zero attached hydrogens (tertiary/aromatic N) is 3. The first-order valence-corrected chi connectivity index (χ1v) is 4.97. The van der Waals surface area contributed by atoms with Gasteiger partial charge in [0.05, 0.1) is 0 Å². The largest absolute Gasteiger partial charge is 0.370 e. The third kappa shape index (κ3) is 4.41. The molecule has 1 aromatic rings. The van der Waals surface area contributed by atoms with Crippen LogP contribution in [0.15, 0.2) is 12.4 Å². The Morgan fingerprint density at radius 3 is 2.73 bits per heavy atom. The van der Waals surface area contributed by atoms with Crippen LogP contribution in [0.25, 0.3) is 0 Å². The predicted octanol–water partition coefficient (Wildman–Crippen LogP) is 2.20. The molecule has 15 heavy (non-hydrogen) atoms. The zero-order chi connectivity index (χ0) is 11.3. The van der Waals surface area contributed by atoms with Gasteiger partial charge in [-0.2, -0.15) is 5.26 Å². The lowest BCUT2D eigenvalue weighted by Crippen LogP contribution is -2.13. The van der Waals surface area contributed by atoms with Crippen LogP contribution in [0.2, 0.25) is 0 Å². The highest BCUT2D eigenvalue weighted by Crippen LogP contribution is 2.18. The Bertz CT molecular complexity index is 360. The van der Waals surface area contributed by atoms with E-state index in [0.29, 0.717) is 16.9 Å². The Hall–Kier alpha value is -1.63. The zero-order valence-electron chi connectivity index (χ0n) is 9.41. The molecule has 0 radical (unpaired) electrons. The van der Waals surface area contributed by atoms with Gasteiger partial charge in [-0.1, -0.05) is 20.8 Å². The van der Waals surface area contributed by atoms with Gasteiger partial charge in [-0.25, -0.2) is 9.97 Å². The van der Waals surface area contributed by atoms with Crippen molar-refractivity contribution >= 4 is 5.82 Å². The normalized spacial score (nSPS) is 10.8. The van der Waals surface area contributed by atoms with Gasteiger partial charge in [-0.3, -0.25) is 0 Å². The number of hydrogen-bond donors (Lipinski definition) is 1. The third-order valence-electron chi connectivity index (χ3n) is 1.96. The smallest absolute Gasteiger partial charge is 0.145 e. The highest BCUT2D eigenvalue weighted by Gasteiger charge is 2.09. The minimum Gasteiger partial charge on any atom is -0.370 e. The van der Waals surface area contributed by atoms with Crippen LogP contribution in [-0.2, 0) is 0 Å². The lowest BCUT2D eigenvalue weighted by atomic mass is 9.92. The van der Waals surface area contributed by atoms with E-state index in [-0.39, 0.29) is 0 Å². The summed E-state index contributed by atoms with van der Waals surface area (Å²) in [4.78, 5) is 7.84. The van der Waals surface area contributed by atoms with Gasteiger partial charge in [0, 0.05) is 12.6 Å². The van der Waals surface area contributed by atoms with Crippen molar-refractivity contribution in [2.45, 2.75) is 27.2 Å². The maximum absolute atomic E-state index is 8.65. The average molecular weight is 204 g/mol. The Morgan fingerprint density at radius 2 is 2.13 bits per heavy atom. The first-order valence-electron chi connectivity index (χ1n) is 4.97. The number of hydrogen-bond acceptors (Lipinski definition) is 4. The molecule has 4 heteroatoms. The van der Waals surface area contributed by atoms with Crippen molar-refractivity contribution in [3.63, 3.8) is 0 Å². The fourth-order valence-corrected chi connectivity index (χ4v) is 1.08. The fourth-order valence-electron chi connectivity index (χ4n) is 1.08. The summed E-state index contributed by atoms with van der Waals surface area (Å²) < 4.78 is 0. The van der Waals surface area contributed by atoms with Crippen LogP contribution in [0.1, 0.15) is 32.9 Å². The molecule has 0 aromatic carbocycles. The highest BCUT2D eigenvalue weighted by molar-refractivity contribution is 5.38. The molecule has 0 atom stereocenters. The molecule has 0 unspecified atom stereocenters. The number of nitrogens with one attached hydrogen (secondary N) is 1. The van der Waals surface area contributed by atoms with Crippen LogP contribution in [0, 0.1) is 16.7 Å². The Kier molecular flexibility index (Phi) is 3.62. The van der Waals surface area contributed by atoms with Crippen molar-refractivity contribution in [1.82, 2.24) is 9.97 Å². The molecule has 0 saturated heterocycles. The summed E-state index contributed by atoms with van der Waals surface area (Å²) in [6.07, 6.45) is 2.46. The van der Waals surface area contributed by atoms with Crippen LogP contribution in [0.5, 0.6) is 0 Å². The second-order valence-corrected chi connectivity index (χ2v) is 4.64. The maximum atomic E-state index is 8.65. The Labute approximate surface area is 90.4 Å². The van der Waals surface area contributed by atoms with Crippen molar-refractivity contribution < 1.29 is 0 Å². The second-order valence-electron chi connectivity index (χ2n) is 4.64. The van der Waals surface area contributed by atoms with Crippen molar-refractivity contribution in [3.05, 3.63) is 18.1 Å². The van der Waals surface area contributed by atoms with Gasteiger partial charge in [0.25, 0.3) is 0 Å². The Balaban J connectivity index is 2.48. The summed E-state index contributed by atoms with van der Waals surface area (Å²) in [5, 5.41) is 11.8. The molecule has 4 nitrogen and oxygen atoms in total. The molecule has 0 aliphatic carbocycles. The van der Waals surface area contributed by atoms with E-state index in [0.717, 1.165) is 13.0 Å². The molecule has 0 aliphatic rings. The molecule has 0 amide bonds. The van der Waals surface area contributed by atoms with Crippen LogP contribution in [0.3, 0.4) is 0 Å². The van der Waals surface area contributed by atoms with Gasteiger partial charge in [0.1, 0.15) is 23.9 Å². The summed E-state index contributed by atoms with van der Waals surface area (Å²) in [5.41, 5.74) is 0.696. The summed E-state index contributed by atoms with van der Waals surface area (Å²) in [6, 6.07) is 3.64. The predicted molar refractivity (Wildman–Crippen MR) is 59.3 cm³/mol. The molecule has 1 rings (SSSR count). The lowest BCUT2D eigenvalue weighted by Gasteiger charge is -2.18. The van der Waals surface area contributed by atoms with E-state index in [4.69, 9.17) is 5.26 Å². The summed E-state index contributed by atoms with van der Waals surface area (Å²) in [6.45, 7) is 7.42. The molecule has 0 aliphatic heterocycles. The van der Waals surface area contributed by atoms with Crippen LogP contribution in [-0.4, -0.2) is 16.5 Å². The van der Waals surface area contributed by atoms with Crippen molar-refractivity contribution in [2.75, 3.05) is 11.9 Å². The monoisotopic (exact) mass is 204 g/mol. The first kappa shape index (κ1) is 11.4. The van der Waals surface area contributed by atoms with Gasteiger partial charge < -0.3 is 5.32 Å². The molecule has 0 fully saturated rings. The van der Waals surface area contributed by atoms with Gasteiger partial charge >= 0.3 is 0 Å². The molecule has 1 aromatic heterocycles. The van der Waals surface area contributed by atoms with Gasteiger partial charge in [0.15, 0.2) is 0 Å². The molecular formula is C11H16N4. The zero-order valence-corrected chi connectivity index (χ0v) is 9.41. The standard InChI is InChI=1S/C11H16N4/c1-11(2,3)4-5-13-10-6-9(7-12)14-8-15-10/h6,8H,4-5H2,1-3H3,(H,13,14,15). The second kappa shape index (κ2) is 4.74. The summed E-state index contributed by atoms with van der Waals surface area (Å²) >= 11 is 0. The van der Waals surface area contributed by atoms with E-state index in [1.807, 2.05) is 6.07 Å². The van der Waals surface area contributed by atoms with Gasteiger partial charge in [0.2, 0.25) is 0 Å². The third-order valence-corrected chi connectivity index (χ3v) is 1.96. The van der Waals surface area contributed by atoms with Crippen LogP contribution < -0.4 is 5.32 Å².